The molecule has 0 spiro atoms. The fraction of sp³-hybridized carbons (Fsp3) is 0.333. The summed E-state index contributed by atoms with van der Waals surface area (Å²) in [7, 11) is 6.03. The second-order valence-corrected chi connectivity index (χ2v) is 6.46. The van der Waals surface area contributed by atoms with Crippen LogP contribution in [-0.2, 0) is 0 Å². The number of carbonyl (C=O) groups is 2. The van der Waals surface area contributed by atoms with Gasteiger partial charge in [0.05, 0.1) is 5.69 Å². The fourth-order valence-electron chi connectivity index (χ4n) is 2.79. The van der Waals surface area contributed by atoms with E-state index >= 15 is 0 Å². The summed E-state index contributed by atoms with van der Waals surface area (Å²) >= 11 is 0. The minimum absolute atomic E-state index is 0.223. The van der Waals surface area contributed by atoms with Crippen molar-refractivity contribution in [1.82, 2.24) is 14.4 Å². The highest BCUT2D eigenvalue weighted by atomic mass is 16.6. The number of benzene rings is 1. The van der Waals surface area contributed by atoms with Crippen molar-refractivity contribution in [2.24, 2.45) is 0 Å². The zero-order chi connectivity index (χ0) is 19.9. The van der Waals surface area contributed by atoms with E-state index < -0.39 is 23.3 Å². The molecule has 2 amide bonds. The van der Waals surface area contributed by atoms with Crippen LogP contribution >= 0.6 is 0 Å². The first-order valence-corrected chi connectivity index (χ1v) is 8.24. The highest BCUT2D eigenvalue weighted by molar-refractivity contribution is 6.04. The van der Waals surface area contributed by atoms with Crippen LogP contribution in [0.2, 0.25) is 0 Å². The number of aromatic nitrogens is 1. The van der Waals surface area contributed by atoms with Gasteiger partial charge in [-0.05, 0) is 12.1 Å². The van der Waals surface area contributed by atoms with Crippen LogP contribution in [0, 0.1) is 0 Å². The van der Waals surface area contributed by atoms with Crippen LogP contribution < -0.4 is 9.47 Å². The Labute approximate surface area is 155 Å². The molecule has 2 heterocycles. The van der Waals surface area contributed by atoms with Crippen LogP contribution in [0.4, 0.5) is 0 Å². The van der Waals surface area contributed by atoms with E-state index in [4.69, 9.17) is 9.47 Å². The second-order valence-electron chi connectivity index (χ2n) is 6.46. The van der Waals surface area contributed by atoms with E-state index in [1.54, 1.807) is 18.2 Å². The lowest BCUT2D eigenvalue weighted by atomic mass is 10.2. The molecule has 1 aromatic heterocycles. The maximum absolute atomic E-state index is 12.7. The van der Waals surface area contributed by atoms with E-state index in [9.17, 15) is 19.8 Å². The molecular formula is C18H21N3O6. The van der Waals surface area contributed by atoms with Gasteiger partial charge in [0.1, 0.15) is 13.2 Å². The highest BCUT2D eigenvalue weighted by Crippen LogP contribution is 2.41. The topological polar surface area (TPSA) is 104 Å². The first kappa shape index (κ1) is 18.4. The molecule has 144 valence electrons. The molecule has 2 N–H and O–H groups in total. The third-order valence-corrected chi connectivity index (χ3v) is 4.12. The van der Waals surface area contributed by atoms with Crippen molar-refractivity contribution >= 4 is 11.8 Å². The maximum Gasteiger partial charge on any atom is 0.274 e. The smallest absolute Gasteiger partial charge is 0.274 e. The maximum atomic E-state index is 12.7. The number of amides is 2. The molecule has 3 rings (SSSR count). The summed E-state index contributed by atoms with van der Waals surface area (Å²) in [5, 5.41) is 20.8. The predicted octanol–water partition coefficient (Wildman–Crippen LogP) is 1.06. The Bertz CT molecular complexity index is 873. The standard InChI is InChI=1S/C18H21N3O6/c1-19(2)17(24)13-15(22)16(23)14(18(25)20(3)4)21(13)10-5-6-11-12(9-10)27-8-7-26-11/h5-6,9,22-23H,7-8H2,1-4H3. The number of rotatable bonds is 3. The van der Waals surface area contributed by atoms with E-state index in [0.29, 0.717) is 30.4 Å². The van der Waals surface area contributed by atoms with E-state index in [0.717, 1.165) is 0 Å². The van der Waals surface area contributed by atoms with Crippen LogP contribution in [0.3, 0.4) is 0 Å². The first-order chi connectivity index (χ1) is 12.7. The lowest BCUT2D eigenvalue weighted by Gasteiger charge is -2.21. The molecule has 0 atom stereocenters. The largest absolute Gasteiger partial charge is 0.503 e. The number of hydrogen-bond donors (Lipinski definition) is 2. The van der Waals surface area contributed by atoms with Crippen LogP contribution in [0.25, 0.3) is 5.69 Å². The third-order valence-electron chi connectivity index (χ3n) is 4.12. The van der Waals surface area contributed by atoms with E-state index in [1.807, 2.05) is 0 Å². The molecule has 1 aliphatic heterocycles. The van der Waals surface area contributed by atoms with Gasteiger partial charge < -0.3 is 29.5 Å². The molecule has 1 aromatic carbocycles. The molecule has 9 nitrogen and oxygen atoms in total. The van der Waals surface area contributed by atoms with Crippen LogP contribution in [0.15, 0.2) is 18.2 Å². The van der Waals surface area contributed by atoms with Crippen molar-refractivity contribution in [3.05, 3.63) is 29.6 Å². The average molecular weight is 375 g/mol. The summed E-state index contributed by atoms with van der Waals surface area (Å²) < 4.78 is 12.3. The van der Waals surface area contributed by atoms with Gasteiger partial charge >= 0.3 is 0 Å². The van der Waals surface area contributed by atoms with Crippen molar-refractivity contribution < 1.29 is 29.3 Å². The van der Waals surface area contributed by atoms with Crippen molar-refractivity contribution in [3.8, 4) is 28.7 Å². The summed E-state index contributed by atoms with van der Waals surface area (Å²) in [5.41, 5.74) is -0.0796. The molecule has 0 saturated heterocycles. The van der Waals surface area contributed by atoms with Crippen molar-refractivity contribution in [2.45, 2.75) is 0 Å². The normalized spacial score (nSPS) is 12.6. The van der Waals surface area contributed by atoms with Gasteiger partial charge in [0, 0.05) is 34.3 Å². The van der Waals surface area contributed by atoms with E-state index in [1.165, 1.54) is 42.6 Å². The van der Waals surface area contributed by atoms with Gasteiger partial charge in [-0.3, -0.25) is 14.2 Å². The van der Waals surface area contributed by atoms with Gasteiger partial charge in [-0.15, -0.1) is 0 Å². The zero-order valence-corrected chi connectivity index (χ0v) is 15.5. The van der Waals surface area contributed by atoms with Gasteiger partial charge in [0.2, 0.25) is 0 Å². The Morgan fingerprint density at radius 3 is 1.85 bits per heavy atom. The highest BCUT2D eigenvalue weighted by Gasteiger charge is 2.33. The second kappa shape index (κ2) is 6.75. The van der Waals surface area contributed by atoms with E-state index in [2.05, 4.69) is 0 Å². The third kappa shape index (κ3) is 3.01. The molecule has 0 saturated carbocycles. The fourth-order valence-corrected chi connectivity index (χ4v) is 2.79. The number of hydrogen-bond acceptors (Lipinski definition) is 6. The molecule has 0 bridgehead atoms. The predicted molar refractivity (Wildman–Crippen MR) is 96.1 cm³/mol. The summed E-state index contributed by atoms with van der Waals surface area (Å²) in [5.74, 6) is -1.49. The molecule has 0 fully saturated rings. The van der Waals surface area contributed by atoms with Gasteiger partial charge in [0.15, 0.2) is 34.4 Å². The molecule has 1 aliphatic rings. The van der Waals surface area contributed by atoms with Gasteiger partial charge in [-0.1, -0.05) is 0 Å². The Morgan fingerprint density at radius 1 is 0.889 bits per heavy atom. The first-order valence-electron chi connectivity index (χ1n) is 8.24. The lowest BCUT2D eigenvalue weighted by molar-refractivity contribution is 0.0811. The Hall–Kier alpha value is -3.36. The number of fused-ring (bicyclic) bond motifs is 1. The lowest BCUT2D eigenvalue weighted by Crippen LogP contribution is -2.28. The molecule has 2 aromatic rings. The number of carbonyl (C=O) groups excluding carboxylic acids is 2. The molecular weight excluding hydrogens is 354 g/mol. The molecule has 0 aliphatic carbocycles. The zero-order valence-electron chi connectivity index (χ0n) is 15.5. The summed E-state index contributed by atoms with van der Waals surface area (Å²) in [4.78, 5) is 27.8. The Balaban J connectivity index is 2.30. The minimum atomic E-state index is -0.659. The number of nitrogens with zero attached hydrogens (tertiary/aromatic N) is 3. The van der Waals surface area contributed by atoms with Gasteiger partial charge in [0.25, 0.3) is 11.8 Å². The Kier molecular flexibility index (Phi) is 4.61. The summed E-state index contributed by atoms with van der Waals surface area (Å²) in [6.45, 7) is 0.789. The van der Waals surface area contributed by atoms with Crippen LogP contribution in [-0.4, -0.2) is 77.8 Å². The average Bonchev–Trinajstić information content (AvgIpc) is 2.91. The van der Waals surface area contributed by atoms with Crippen molar-refractivity contribution in [3.63, 3.8) is 0 Å². The van der Waals surface area contributed by atoms with Crippen molar-refractivity contribution in [1.29, 1.82) is 0 Å². The van der Waals surface area contributed by atoms with Gasteiger partial charge in [-0.2, -0.15) is 0 Å². The summed E-state index contributed by atoms with van der Waals surface area (Å²) in [6, 6.07) is 4.85. The SMILES string of the molecule is CN(C)C(=O)c1c(O)c(O)c(C(=O)N(C)C)n1-c1ccc2c(c1)OCCO2. The van der Waals surface area contributed by atoms with Gasteiger partial charge in [-0.25, -0.2) is 0 Å². The quantitative estimate of drug-likeness (QED) is 0.831. The molecule has 0 unspecified atom stereocenters. The van der Waals surface area contributed by atoms with Crippen molar-refractivity contribution in [2.75, 3.05) is 41.4 Å². The monoisotopic (exact) mass is 375 g/mol. The molecule has 9 heteroatoms. The van der Waals surface area contributed by atoms with Crippen LogP contribution in [0.1, 0.15) is 21.0 Å². The number of ether oxygens (including phenoxy) is 2. The van der Waals surface area contributed by atoms with E-state index in [-0.39, 0.29) is 11.4 Å². The number of aromatic hydroxyl groups is 2. The van der Waals surface area contributed by atoms with Crippen LogP contribution in [0.5, 0.6) is 23.0 Å². The minimum Gasteiger partial charge on any atom is -0.503 e. The Morgan fingerprint density at radius 2 is 1.37 bits per heavy atom. The molecule has 0 radical (unpaired) electrons. The molecule has 27 heavy (non-hydrogen) atoms. The summed E-state index contributed by atoms with van der Waals surface area (Å²) in [6.07, 6.45) is 0.